The summed E-state index contributed by atoms with van der Waals surface area (Å²) in [5.74, 6) is 2.77. The molecule has 5 rings (SSSR count). The lowest BCUT2D eigenvalue weighted by atomic mass is 9.48. The predicted molar refractivity (Wildman–Crippen MR) is 81.5 cm³/mol. The average Bonchev–Trinajstić information content (AvgIpc) is 2.40. The van der Waals surface area contributed by atoms with E-state index in [0.29, 0.717) is 0 Å². The Kier molecular flexibility index (Phi) is 2.96. The van der Waals surface area contributed by atoms with E-state index in [1.807, 2.05) is 0 Å². The normalized spacial score (nSPS) is 40.0. The largest absolute Gasteiger partial charge is 0.392 e. The van der Waals surface area contributed by atoms with Crippen LogP contribution in [0.1, 0.15) is 49.7 Å². The minimum absolute atomic E-state index is 0.126. The van der Waals surface area contributed by atoms with Gasteiger partial charge >= 0.3 is 0 Å². The molecule has 108 valence electrons. The molecule has 4 aliphatic carbocycles. The minimum Gasteiger partial charge on any atom is -0.392 e. The second kappa shape index (κ2) is 4.59. The van der Waals surface area contributed by atoms with Crippen LogP contribution in [0.2, 0.25) is 0 Å². The Hall–Kier alpha value is -0.820. The van der Waals surface area contributed by atoms with Crippen molar-refractivity contribution in [2.75, 3.05) is 0 Å². The van der Waals surface area contributed by atoms with Crippen molar-refractivity contribution in [1.29, 1.82) is 0 Å². The van der Waals surface area contributed by atoms with Crippen LogP contribution in [0.5, 0.6) is 0 Å². The zero-order valence-electron chi connectivity index (χ0n) is 12.5. The van der Waals surface area contributed by atoms with Crippen LogP contribution in [0.25, 0.3) is 0 Å². The van der Waals surface area contributed by atoms with E-state index in [1.54, 1.807) is 0 Å². The molecule has 0 saturated heterocycles. The fourth-order valence-electron chi connectivity index (χ4n) is 5.75. The number of aliphatic hydroxyl groups excluding tert-OH is 1. The van der Waals surface area contributed by atoms with Crippen molar-refractivity contribution in [2.24, 2.45) is 23.2 Å². The second-order valence-corrected chi connectivity index (χ2v) is 7.99. The van der Waals surface area contributed by atoms with E-state index in [1.165, 1.54) is 49.7 Å². The lowest BCUT2D eigenvalue weighted by Gasteiger charge is -2.58. The van der Waals surface area contributed by atoms with E-state index >= 15 is 0 Å². The van der Waals surface area contributed by atoms with Crippen LogP contribution in [0.4, 0.5) is 0 Å². The van der Waals surface area contributed by atoms with Crippen LogP contribution in [-0.4, -0.2) is 11.2 Å². The topological polar surface area (TPSA) is 20.2 Å². The smallest absolute Gasteiger partial charge is 0.0637 e. The van der Waals surface area contributed by atoms with Crippen LogP contribution in [0.15, 0.2) is 24.3 Å². The van der Waals surface area contributed by atoms with E-state index in [0.717, 1.165) is 24.2 Å². The van der Waals surface area contributed by atoms with Gasteiger partial charge in [-0.1, -0.05) is 29.8 Å². The molecule has 1 heteroatoms. The summed E-state index contributed by atoms with van der Waals surface area (Å²) in [5.41, 5.74) is 2.87. The van der Waals surface area contributed by atoms with E-state index in [-0.39, 0.29) is 11.5 Å². The van der Waals surface area contributed by atoms with Crippen molar-refractivity contribution in [2.45, 2.75) is 58.0 Å². The molecule has 1 aromatic carbocycles. The number of aryl methyl sites for hydroxylation is 1. The van der Waals surface area contributed by atoms with Gasteiger partial charge in [-0.25, -0.2) is 0 Å². The van der Waals surface area contributed by atoms with Gasteiger partial charge in [0.25, 0.3) is 0 Å². The highest BCUT2D eigenvalue weighted by Crippen LogP contribution is 2.61. The maximum atomic E-state index is 10.9. The van der Waals surface area contributed by atoms with E-state index in [9.17, 15) is 5.11 Å². The highest BCUT2D eigenvalue weighted by Gasteiger charge is 2.53. The molecule has 1 aromatic rings. The Morgan fingerprint density at radius 3 is 2.00 bits per heavy atom. The fourth-order valence-corrected chi connectivity index (χ4v) is 5.75. The number of hydrogen-bond acceptors (Lipinski definition) is 1. The average molecular weight is 270 g/mol. The van der Waals surface area contributed by atoms with Gasteiger partial charge in [0, 0.05) is 0 Å². The van der Waals surface area contributed by atoms with Gasteiger partial charge in [0.1, 0.15) is 0 Å². The minimum atomic E-state index is -0.126. The number of aliphatic hydroxyl groups is 1. The Labute approximate surface area is 122 Å². The molecule has 4 bridgehead atoms. The lowest BCUT2D eigenvalue weighted by Crippen LogP contribution is -2.52. The molecule has 1 nitrogen and oxygen atoms in total. The van der Waals surface area contributed by atoms with Crippen molar-refractivity contribution in [3.8, 4) is 0 Å². The first-order valence-electron chi connectivity index (χ1n) is 8.36. The van der Waals surface area contributed by atoms with Gasteiger partial charge in [-0.2, -0.15) is 0 Å². The Balaban J connectivity index is 1.53. The molecular weight excluding hydrogens is 244 g/mol. The molecule has 4 aliphatic rings. The van der Waals surface area contributed by atoms with Crippen LogP contribution < -0.4 is 0 Å². The maximum Gasteiger partial charge on any atom is 0.0637 e. The quantitative estimate of drug-likeness (QED) is 0.876. The summed E-state index contributed by atoms with van der Waals surface area (Å²) in [4.78, 5) is 0. The Morgan fingerprint density at radius 1 is 1.00 bits per heavy atom. The molecule has 0 radical (unpaired) electrons. The summed E-state index contributed by atoms with van der Waals surface area (Å²) in [6, 6.07) is 8.72. The summed E-state index contributed by atoms with van der Waals surface area (Å²) >= 11 is 0. The van der Waals surface area contributed by atoms with Crippen molar-refractivity contribution >= 4 is 0 Å². The summed E-state index contributed by atoms with van der Waals surface area (Å²) in [5, 5.41) is 10.9. The molecule has 1 atom stereocenters. The van der Waals surface area contributed by atoms with Gasteiger partial charge in [0.05, 0.1) is 6.10 Å². The molecule has 0 spiro atoms. The molecule has 0 amide bonds. The van der Waals surface area contributed by atoms with Crippen molar-refractivity contribution < 1.29 is 5.11 Å². The van der Waals surface area contributed by atoms with Crippen LogP contribution in [0, 0.1) is 30.1 Å². The summed E-state index contributed by atoms with van der Waals surface area (Å²) in [6.07, 6.45) is 8.98. The molecule has 20 heavy (non-hydrogen) atoms. The molecule has 0 aromatic heterocycles. The molecule has 4 fully saturated rings. The van der Waals surface area contributed by atoms with Crippen LogP contribution >= 0.6 is 0 Å². The molecule has 0 aliphatic heterocycles. The standard InChI is InChI=1S/C19H26O/c1-13-2-4-14(5-3-13)9-18(20)19-10-15-6-16(11-19)8-17(7-15)12-19/h2-5,15-18,20H,6-12H2,1H3. The zero-order valence-corrected chi connectivity index (χ0v) is 12.5. The van der Waals surface area contributed by atoms with E-state index in [2.05, 4.69) is 31.2 Å². The third kappa shape index (κ3) is 2.11. The van der Waals surface area contributed by atoms with Crippen LogP contribution in [0.3, 0.4) is 0 Å². The molecule has 1 N–H and O–H groups in total. The van der Waals surface area contributed by atoms with Crippen molar-refractivity contribution in [3.63, 3.8) is 0 Å². The summed E-state index contributed by atoms with van der Waals surface area (Å²) in [7, 11) is 0. The third-order valence-corrected chi connectivity index (χ3v) is 6.34. The molecular formula is C19H26O. The van der Waals surface area contributed by atoms with Gasteiger partial charge in [0.15, 0.2) is 0 Å². The monoisotopic (exact) mass is 270 g/mol. The summed E-state index contributed by atoms with van der Waals surface area (Å²) in [6.45, 7) is 2.12. The molecule has 0 heterocycles. The zero-order chi connectivity index (χ0) is 13.7. The fraction of sp³-hybridized carbons (Fsp3) is 0.684. The molecule has 4 saturated carbocycles. The number of benzene rings is 1. The van der Waals surface area contributed by atoms with Gasteiger partial charge in [-0.3, -0.25) is 0 Å². The van der Waals surface area contributed by atoms with Crippen molar-refractivity contribution in [1.82, 2.24) is 0 Å². The lowest BCUT2D eigenvalue weighted by molar-refractivity contribution is -0.119. The first-order valence-corrected chi connectivity index (χ1v) is 8.36. The van der Waals surface area contributed by atoms with Gasteiger partial charge < -0.3 is 5.11 Å². The second-order valence-electron chi connectivity index (χ2n) is 7.99. The Bertz CT molecular complexity index is 452. The van der Waals surface area contributed by atoms with Gasteiger partial charge in [0.2, 0.25) is 0 Å². The highest BCUT2D eigenvalue weighted by atomic mass is 16.3. The SMILES string of the molecule is Cc1ccc(CC(O)C23CC4CC(CC(C4)C2)C3)cc1. The first kappa shape index (κ1) is 12.9. The first-order chi connectivity index (χ1) is 9.63. The van der Waals surface area contributed by atoms with Crippen molar-refractivity contribution in [3.05, 3.63) is 35.4 Å². The number of rotatable bonds is 3. The van der Waals surface area contributed by atoms with E-state index in [4.69, 9.17) is 0 Å². The van der Waals surface area contributed by atoms with E-state index < -0.39 is 0 Å². The molecule has 1 unspecified atom stereocenters. The maximum absolute atomic E-state index is 10.9. The van der Waals surface area contributed by atoms with Gasteiger partial charge in [-0.05, 0) is 80.6 Å². The summed E-state index contributed by atoms with van der Waals surface area (Å²) < 4.78 is 0. The highest BCUT2D eigenvalue weighted by molar-refractivity contribution is 5.22. The Morgan fingerprint density at radius 2 is 1.50 bits per heavy atom. The predicted octanol–water partition coefficient (Wildman–Crippen LogP) is 4.11. The third-order valence-electron chi connectivity index (χ3n) is 6.34. The number of hydrogen-bond donors (Lipinski definition) is 1. The van der Waals surface area contributed by atoms with Gasteiger partial charge in [-0.15, -0.1) is 0 Å². The van der Waals surface area contributed by atoms with Crippen LogP contribution in [-0.2, 0) is 6.42 Å².